The number of carbonyl (C=O) groups is 3. The lowest BCUT2D eigenvalue weighted by atomic mass is 9.78. The van der Waals surface area contributed by atoms with E-state index in [0.717, 1.165) is 17.7 Å². The van der Waals surface area contributed by atoms with Crippen LogP contribution in [-0.2, 0) is 14.4 Å². The molecule has 1 saturated carbocycles. The highest BCUT2D eigenvalue weighted by atomic mass is 16.2. The summed E-state index contributed by atoms with van der Waals surface area (Å²) >= 11 is 0. The summed E-state index contributed by atoms with van der Waals surface area (Å²) in [4.78, 5) is 35.4. The van der Waals surface area contributed by atoms with Gasteiger partial charge in [-0.2, -0.15) is 0 Å². The highest BCUT2D eigenvalue weighted by Crippen LogP contribution is 2.29. The molecule has 0 aromatic rings. The molecule has 0 radical (unpaired) electrons. The molecule has 6 N–H and O–H groups in total. The topological polar surface area (TPSA) is 133 Å². The summed E-state index contributed by atoms with van der Waals surface area (Å²) in [6.07, 6.45) is 2.41. The zero-order chi connectivity index (χ0) is 14.6. The molecule has 3 atom stereocenters. The molecule has 0 aliphatic heterocycles. The van der Waals surface area contributed by atoms with Crippen molar-refractivity contribution < 1.29 is 14.4 Å². The summed E-state index contributed by atoms with van der Waals surface area (Å²) in [7, 11) is 0. The van der Waals surface area contributed by atoms with Crippen LogP contribution in [-0.4, -0.2) is 41.8 Å². The molecule has 7 heteroatoms. The van der Waals surface area contributed by atoms with Gasteiger partial charge in [-0.15, -0.1) is 0 Å². The van der Waals surface area contributed by atoms with Gasteiger partial charge in [-0.05, 0) is 25.2 Å². The van der Waals surface area contributed by atoms with Crippen molar-refractivity contribution in [2.45, 2.75) is 32.2 Å². The van der Waals surface area contributed by atoms with E-state index in [1.807, 2.05) is 0 Å². The number of primary amides is 2. The minimum absolute atomic E-state index is 0.244. The fourth-order valence-electron chi connectivity index (χ4n) is 2.51. The molecule has 3 amide bonds. The second-order valence-electron chi connectivity index (χ2n) is 5.32. The van der Waals surface area contributed by atoms with Crippen LogP contribution in [0.15, 0.2) is 0 Å². The van der Waals surface area contributed by atoms with Gasteiger partial charge < -0.3 is 22.1 Å². The zero-order valence-corrected chi connectivity index (χ0v) is 11.2. The van der Waals surface area contributed by atoms with Gasteiger partial charge in [0.1, 0.15) is 0 Å². The third-order valence-corrected chi connectivity index (χ3v) is 3.49. The molecule has 1 fully saturated rings. The molecule has 0 aromatic carbocycles. The van der Waals surface area contributed by atoms with Gasteiger partial charge >= 0.3 is 0 Å². The molecule has 3 unspecified atom stereocenters. The van der Waals surface area contributed by atoms with E-state index in [1.54, 1.807) is 0 Å². The molecule has 7 nitrogen and oxygen atoms in total. The Morgan fingerprint density at radius 2 is 1.63 bits per heavy atom. The Hall–Kier alpha value is -1.63. The first-order chi connectivity index (χ1) is 8.81. The summed E-state index contributed by atoms with van der Waals surface area (Å²) in [6, 6.07) is -0.244. The van der Waals surface area contributed by atoms with Gasteiger partial charge in [-0.25, -0.2) is 0 Å². The van der Waals surface area contributed by atoms with Crippen molar-refractivity contribution in [2.24, 2.45) is 29.0 Å². The number of carbonyl (C=O) groups excluding carboxylic acids is 3. The lowest BCUT2D eigenvalue weighted by molar-refractivity contribution is -0.143. The summed E-state index contributed by atoms with van der Waals surface area (Å²) in [5.74, 6) is -1.63. The monoisotopic (exact) mass is 270 g/mol. The molecule has 0 saturated heterocycles. The van der Waals surface area contributed by atoms with Crippen molar-refractivity contribution in [3.63, 3.8) is 0 Å². The lowest BCUT2D eigenvalue weighted by Gasteiger charge is -2.34. The SMILES string of the molecule is CC1CCC(N)C(C(=O)N(CC(N)=O)CC(N)=O)C1. The molecule has 1 aliphatic carbocycles. The van der Waals surface area contributed by atoms with Gasteiger partial charge in [0.15, 0.2) is 0 Å². The van der Waals surface area contributed by atoms with Crippen molar-refractivity contribution in [3.05, 3.63) is 0 Å². The summed E-state index contributed by atoms with van der Waals surface area (Å²) in [6.45, 7) is 1.44. The molecule has 108 valence electrons. The first-order valence-electron chi connectivity index (χ1n) is 6.42. The van der Waals surface area contributed by atoms with Crippen LogP contribution in [0.1, 0.15) is 26.2 Å². The highest BCUT2D eigenvalue weighted by Gasteiger charge is 2.34. The molecule has 1 rings (SSSR count). The van der Waals surface area contributed by atoms with Gasteiger partial charge in [0.2, 0.25) is 17.7 Å². The Balaban J connectivity index is 2.78. The van der Waals surface area contributed by atoms with E-state index in [1.165, 1.54) is 0 Å². The Labute approximate surface area is 112 Å². The largest absolute Gasteiger partial charge is 0.368 e. The summed E-state index contributed by atoms with van der Waals surface area (Å²) in [5, 5.41) is 0. The standard InChI is InChI=1S/C12H22N4O3/c1-7-2-3-9(13)8(4-7)12(19)16(5-10(14)17)6-11(15)18/h7-9H,2-6,13H2,1H3,(H2,14,17)(H2,15,18). The van der Waals surface area contributed by atoms with Gasteiger partial charge in [0.25, 0.3) is 0 Å². The molecule has 0 bridgehead atoms. The van der Waals surface area contributed by atoms with Crippen molar-refractivity contribution in [1.29, 1.82) is 0 Å². The minimum Gasteiger partial charge on any atom is -0.368 e. The van der Waals surface area contributed by atoms with Crippen LogP contribution in [0, 0.1) is 11.8 Å². The Bertz CT molecular complexity index is 356. The normalized spacial score (nSPS) is 26.7. The van der Waals surface area contributed by atoms with Gasteiger partial charge in [0, 0.05) is 6.04 Å². The predicted octanol–water partition coefficient (Wildman–Crippen LogP) is -1.45. The molecule has 0 heterocycles. The predicted molar refractivity (Wildman–Crippen MR) is 69.4 cm³/mol. The Kier molecular flexibility index (Phi) is 5.29. The average Bonchev–Trinajstić information content (AvgIpc) is 2.29. The van der Waals surface area contributed by atoms with E-state index in [0.29, 0.717) is 12.3 Å². The molecule has 0 aromatic heterocycles. The van der Waals surface area contributed by atoms with Crippen molar-refractivity contribution in [2.75, 3.05) is 13.1 Å². The van der Waals surface area contributed by atoms with Gasteiger partial charge in [-0.3, -0.25) is 14.4 Å². The van der Waals surface area contributed by atoms with Gasteiger partial charge in [0.05, 0.1) is 19.0 Å². The van der Waals surface area contributed by atoms with Crippen LogP contribution < -0.4 is 17.2 Å². The molecular formula is C12H22N4O3. The fourth-order valence-corrected chi connectivity index (χ4v) is 2.51. The molecule has 0 spiro atoms. The number of amides is 3. The molecule has 1 aliphatic rings. The Morgan fingerprint density at radius 3 is 2.11 bits per heavy atom. The van der Waals surface area contributed by atoms with E-state index >= 15 is 0 Å². The van der Waals surface area contributed by atoms with Crippen LogP contribution in [0.3, 0.4) is 0 Å². The van der Waals surface area contributed by atoms with E-state index in [9.17, 15) is 14.4 Å². The van der Waals surface area contributed by atoms with E-state index in [2.05, 4.69) is 6.92 Å². The summed E-state index contributed by atoms with van der Waals surface area (Å²) in [5.41, 5.74) is 16.1. The van der Waals surface area contributed by atoms with E-state index in [-0.39, 0.29) is 31.0 Å². The van der Waals surface area contributed by atoms with Crippen LogP contribution in [0.2, 0.25) is 0 Å². The van der Waals surface area contributed by atoms with Crippen molar-refractivity contribution in [3.8, 4) is 0 Å². The van der Waals surface area contributed by atoms with E-state index in [4.69, 9.17) is 17.2 Å². The number of nitrogens with two attached hydrogens (primary N) is 3. The van der Waals surface area contributed by atoms with E-state index < -0.39 is 11.8 Å². The smallest absolute Gasteiger partial charge is 0.237 e. The number of hydrogen-bond acceptors (Lipinski definition) is 4. The maximum absolute atomic E-state index is 12.4. The highest BCUT2D eigenvalue weighted by molar-refractivity contribution is 5.89. The van der Waals surface area contributed by atoms with Crippen LogP contribution in [0.5, 0.6) is 0 Å². The summed E-state index contributed by atoms with van der Waals surface area (Å²) < 4.78 is 0. The maximum atomic E-state index is 12.4. The average molecular weight is 270 g/mol. The van der Waals surface area contributed by atoms with Crippen LogP contribution in [0.25, 0.3) is 0 Å². The molecule has 19 heavy (non-hydrogen) atoms. The first kappa shape index (κ1) is 15.4. The Morgan fingerprint density at radius 1 is 1.11 bits per heavy atom. The maximum Gasteiger partial charge on any atom is 0.237 e. The second-order valence-corrected chi connectivity index (χ2v) is 5.32. The third kappa shape index (κ3) is 4.51. The lowest BCUT2D eigenvalue weighted by Crippen LogP contribution is -2.51. The second kappa shape index (κ2) is 6.51. The fraction of sp³-hybridized carbons (Fsp3) is 0.750. The molecular weight excluding hydrogens is 248 g/mol. The minimum atomic E-state index is -0.674. The first-order valence-corrected chi connectivity index (χ1v) is 6.42. The van der Waals surface area contributed by atoms with Crippen molar-refractivity contribution in [1.82, 2.24) is 4.90 Å². The quantitative estimate of drug-likeness (QED) is 0.563. The third-order valence-electron chi connectivity index (χ3n) is 3.49. The van der Waals surface area contributed by atoms with Crippen LogP contribution in [0.4, 0.5) is 0 Å². The zero-order valence-electron chi connectivity index (χ0n) is 11.2. The number of hydrogen-bond donors (Lipinski definition) is 3. The number of rotatable bonds is 5. The van der Waals surface area contributed by atoms with Gasteiger partial charge in [-0.1, -0.05) is 6.92 Å². The van der Waals surface area contributed by atoms with Crippen molar-refractivity contribution >= 4 is 17.7 Å². The van der Waals surface area contributed by atoms with Crippen LogP contribution >= 0.6 is 0 Å². The number of nitrogens with zero attached hydrogens (tertiary/aromatic N) is 1.